The van der Waals surface area contributed by atoms with E-state index in [0.717, 1.165) is 37.4 Å². The van der Waals surface area contributed by atoms with Gasteiger partial charge in [-0.2, -0.15) is 13.2 Å². The smallest absolute Gasteiger partial charge is 0.433 e. The minimum Gasteiger partial charge on any atom is -0.495 e. The largest absolute Gasteiger partial charge is 0.495 e. The molecule has 0 aliphatic heterocycles. The molecule has 186 valence electrons. The van der Waals surface area contributed by atoms with Gasteiger partial charge in [-0.05, 0) is 56.0 Å². The number of alkyl halides is 3. The normalized spacial score (nSPS) is 18.2. The molecule has 0 radical (unpaired) electrons. The Hall–Kier alpha value is -3.49. The number of rotatable bonds is 6. The van der Waals surface area contributed by atoms with Crippen molar-refractivity contribution < 1.29 is 22.7 Å². The molecule has 1 fully saturated rings. The highest BCUT2D eigenvalue weighted by Crippen LogP contribution is 2.34. The lowest BCUT2D eigenvalue weighted by Crippen LogP contribution is -2.40. The first-order valence-corrected chi connectivity index (χ1v) is 11.6. The SMILES string of the molecule is COc1ccc(C(=O)NC2CCC(Nc3cc(C(F)(F)F)nc4ccccc34)CC2)cc1N(C)C. The first kappa shape index (κ1) is 24.6. The number of ether oxygens (including phenoxy) is 1. The van der Waals surface area contributed by atoms with E-state index < -0.39 is 11.9 Å². The van der Waals surface area contributed by atoms with Gasteiger partial charge in [0.15, 0.2) is 0 Å². The quantitative estimate of drug-likeness (QED) is 0.483. The fraction of sp³-hybridized carbons (Fsp3) is 0.385. The highest BCUT2D eigenvalue weighted by atomic mass is 19.4. The lowest BCUT2D eigenvalue weighted by atomic mass is 9.90. The first-order chi connectivity index (χ1) is 16.7. The number of benzene rings is 2. The zero-order chi connectivity index (χ0) is 25.2. The summed E-state index contributed by atoms with van der Waals surface area (Å²) in [6.45, 7) is 0. The van der Waals surface area contributed by atoms with Crippen LogP contribution < -0.4 is 20.3 Å². The molecule has 0 atom stereocenters. The van der Waals surface area contributed by atoms with Crippen molar-refractivity contribution in [3.63, 3.8) is 0 Å². The zero-order valence-corrected chi connectivity index (χ0v) is 19.9. The molecule has 9 heteroatoms. The number of amides is 1. The van der Waals surface area contributed by atoms with Crippen LogP contribution in [-0.4, -0.2) is 44.2 Å². The van der Waals surface area contributed by atoms with E-state index in [0.29, 0.717) is 27.9 Å². The third-order valence-corrected chi connectivity index (χ3v) is 6.35. The molecular weight excluding hydrogens is 457 g/mol. The molecule has 1 aliphatic rings. The van der Waals surface area contributed by atoms with Crippen LogP contribution in [0.3, 0.4) is 0 Å². The van der Waals surface area contributed by atoms with E-state index in [1.165, 1.54) is 0 Å². The van der Waals surface area contributed by atoms with Crippen LogP contribution in [0.25, 0.3) is 10.9 Å². The number of hydrogen-bond donors (Lipinski definition) is 2. The van der Waals surface area contributed by atoms with Gasteiger partial charge in [0.1, 0.15) is 11.4 Å². The van der Waals surface area contributed by atoms with E-state index in [9.17, 15) is 18.0 Å². The van der Waals surface area contributed by atoms with Gasteiger partial charge in [-0.3, -0.25) is 4.79 Å². The summed E-state index contributed by atoms with van der Waals surface area (Å²) in [5, 5.41) is 7.06. The number of aromatic nitrogens is 1. The number of nitrogens with one attached hydrogen (secondary N) is 2. The molecule has 1 saturated carbocycles. The van der Waals surface area contributed by atoms with E-state index in [-0.39, 0.29) is 18.0 Å². The number of halogens is 3. The lowest BCUT2D eigenvalue weighted by Gasteiger charge is -2.31. The molecule has 6 nitrogen and oxygen atoms in total. The predicted molar refractivity (Wildman–Crippen MR) is 131 cm³/mol. The molecule has 0 saturated heterocycles. The van der Waals surface area contributed by atoms with Crippen molar-refractivity contribution in [2.75, 3.05) is 31.4 Å². The maximum absolute atomic E-state index is 13.4. The van der Waals surface area contributed by atoms with Crippen molar-refractivity contribution in [1.29, 1.82) is 0 Å². The Bertz CT molecular complexity index is 1200. The van der Waals surface area contributed by atoms with Gasteiger partial charge >= 0.3 is 6.18 Å². The molecule has 1 aromatic heterocycles. The Morgan fingerprint density at radius 2 is 1.71 bits per heavy atom. The van der Waals surface area contributed by atoms with E-state index in [2.05, 4.69) is 15.6 Å². The number of methoxy groups -OCH3 is 1. The number of pyridine rings is 1. The molecule has 0 bridgehead atoms. The second-order valence-electron chi connectivity index (χ2n) is 9.02. The van der Waals surface area contributed by atoms with E-state index in [4.69, 9.17) is 4.74 Å². The van der Waals surface area contributed by atoms with Crippen LogP contribution in [0.5, 0.6) is 5.75 Å². The summed E-state index contributed by atoms with van der Waals surface area (Å²) in [6.07, 6.45) is -1.59. The van der Waals surface area contributed by atoms with Crippen LogP contribution in [0.15, 0.2) is 48.5 Å². The van der Waals surface area contributed by atoms with E-state index in [1.807, 2.05) is 19.0 Å². The minimum atomic E-state index is -4.52. The minimum absolute atomic E-state index is 0.00498. The second-order valence-corrected chi connectivity index (χ2v) is 9.02. The number of carbonyl (C=O) groups excluding carboxylic acids is 1. The van der Waals surface area contributed by atoms with Crippen LogP contribution in [-0.2, 0) is 6.18 Å². The van der Waals surface area contributed by atoms with E-state index >= 15 is 0 Å². The molecule has 2 N–H and O–H groups in total. The zero-order valence-electron chi connectivity index (χ0n) is 19.9. The van der Waals surface area contributed by atoms with Gasteiger partial charge in [-0.25, -0.2) is 4.98 Å². The average molecular weight is 487 g/mol. The average Bonchev–Trinajstić information content (AvgIpc) is 2.84. The molecule has 4 rings (SSSR count). The Kier molecular flexibility index (Phi) is 7.05. The Balaban J connectivity index is 1.41. The van der Waals surface area contributed by atoms with Crippen LogP contribution in [0.4, 0.5) is 24.5 Å². The number of nitrogens with zero attached hydrogens (tertiary/aromatic N) is 2. The Labute approximate surface area is 202 Å². The summed E-state index contributed by atoms with van der Waals surface area (Å²) in [5.74, 6) is 0.539. The Morgan fingerprint density at radius 3 is 2.37 bits per heavy atom. The van der Waals surface area contributed by atoms with Gasteiger partial charge in [0.05, 0.1) is 18.3 Å². The standard InChI is InChI=1S/C26H29F3N4O2/c1-33(2)22-14-16(8-13-23(22)35-3)25(34)31-18-11-9-17(10-12-18)30-21-15-24(26(27,28)29)32-20-7-5-4-6-19(20)21/h4-8,13-15,17-18H,9-12H2,1-3H3,(H,30,32)(H,31,34). The molecule has 1 amide bonds. The first-order valence-electron chi connectivity index (χ1n) is 11.6. The summed E-state index contributed by atoms with van der Waals surface area (Å²) in [4.78, 5) is 18.5. The van der Waals surface area contributed by atoms with Crippen LogP contribution >= 0.6 is 0 Å². The summed E-state index contributed by atoms with van der Waals surface area (Å²) < 4.78 is 45.4. The van der Waals surface area contributed by atoms with Gasteiger partial charge in [-0.15, -0.1) is 0 Å². The fourth-order valence-electron chi connectivity index (χ4n) is 4.49. The molecule has 2 aromatic carbocycles. The number of carbonyl (C=O) groups is 1. The maximum atomic E-state index is 13.4. The number of hydrogen-bond acceptors (Lipinski definition) is 5. The van der Waals surface area contributed by atoms with Gasteiger partial charge in [0.25, 0.3) is 5.91 Å². The van der Waals surface area contributed by atoms with Gasteiger partial charge < -0.3 is 20.3 Å². The van der Waals surface area contributed by atoms with E-state index in [1.54, 1.807) is 49.6 Å². The highest BCUT2D eigenvalue weighted by Gasteiger charge is 2.34. The predicted octanol–water partition coefficient (Wildman–Crippen LogP) is 5.48. The monoisotopic (exact) mass is 486 g/mol. The fourth-order valence-corrected chi connectivity index (χ4v) is 4.49. The number of anilines is 2. The van der Waals surface area contributed by atoms with Crippen molar-refractivity contribution in [2.45, 2.75) is 43.9 Å². The van der Waals surface area contributed by atoms with Crippen molar-refractivity contribution in [3.05, 3.63) is 59.8 Å². The maximum Gasteiger partial charge on any atom is 0.433 e. The van der Waals surface area contributed by atoms with Gasteiger partial charge in [-0.1, -0.05) is 18.2 Å². The second kappa shape index (κ2) is 10.0. The molecule has 1 heterocycles. The molecule has 0 spiro atoms. The molecule has 1 aliphatic carbocycles. The number of fused-ring (bicyclic) bond motifs is 1. The summed E-state index contributed by atoms with van der Waals surface area (Å²) in [7, 11) is 5.36. The molecular formula is C26H29F3N4O2. The third kappa shape index (κ3) is 5.61. The number of para-hydroxylation sites is 1. The highest BCUT2D eigenvalue weighted by molar-refractivity contribution is 5.96. The lowest BCUT2D eigenvalue weighted by molar-refractivity contribution is -0.140. The van der Waals surface area contributed by atoms with Crippen molar-refractivity contribution in [2.24, 2.45) is 0 Å². The van der Waals surface area contributed by atoms with Crippen LogP contribution in [0.2, 0.25) is 0 Å². The van der Waals surface area contributed by atoms with Gasteiger partial charge in [0, 0.05) is 42.8 Å². The van der Waals surface area contributed by atoms with Crippen molar-refractivity contribution in [1.82, 2.24) is 10.3 Å². The third-order valence-electron chi connectivity index (χ3n) is 6.35. The summed E-state index contributed by atoms with van der Waals surface area (Å²) >= 11 is 0. The topological polar surface area (TPSA) is 66.5 Å². The van der Waals surface area contributed by atoms with Crippen LogP contribution in [0, 0.1) is 0 Å². The van der Waals surface area contributed by atoms with Crippen LogP contribution in [0.1, 0.15) is 41.7 Å². The molecule has 35 heavy (non-hydrogen) atoms. The van der Waals surface area contributed by atoms with Gasteiger partial charge in [0.2, 0.25) is 0 Å². The summed E-state index contributed by atoms with van der Waals surface area (Å²) in [5.41, 5.74) is 1.21. The molecule has 0 unspecified atom stereocenters. The van der Waals surface area contributed by atoms with Crippen molar-refractivity contribution >= 4 is 28.2 Å². The molecule has 3 aromatic rings. The van der Waals surface area contributed by atoms with Crippen molar-refractivity contribution in [3.8, 4) is 5.75 Å². The summed E-state index contributed by atoms with van der Waals surface area (Å²) in [6, 6.07) is 13.2. The Morgan fingerprint density at radius 1 is 1.03 bits per heavy atom.